The minimum absolute atomic E-state index is 0.308. The monoisotopic (exact) mass is 249 g/mol. The van der Waals surface area contributed by atoms with E-state index in [1.54, 1.807) is 18.6 Å². The highest BCUT2D eigenvalue weighted by atomic mass is 19.1. The Labute approximate surface area is 105 Å². The van der Waals surface area contributed by atoms with Gasteiger partial charge in [0.2, 0.25) is 0 Å². The molecule has 0 radical (unpaired) electrons. The lowest BCUT2D eigenvalue weighted by atomic mass is 10.1. The number of rotatable bonds is 6. The van der Waals surface area contributed by atoms with Gasteiger partial charge in [-0.05, 0) is 24.6 Å². The van der Waals surface area contributed by atoms with Crippen molar-refractivity contribution in [1.82, 2.24) is 9.55 Å². The topological polar surface area (TPSA) is 53.1 Å². The van der Waals surface area contributed by atoms with E-state index in [9.17, 15) is 4.39 Å². The Morgan fingerprint density at radius 3 is 3.00 bits per heavy atom. The molecule has 0 aliphatic carbocycles. The number of nitrogens with zero attached hydrogens (tertiary/aromatic N) is 2. The summed E-state index contributed by atoms with van der Waals surface area (Å²) in [4.78, 5) is 3.93. The number of para-hydroxylation sites is 1. The highest BCUT2D eigenvalue weighted by Crippen LogP contribution is 2.22. The molecule has 4 nitrogen and oxygen atoms in total. The molecule has 0 aliphatic heterocycles. The Morgan fingerprint density at radius 1 is 1.39 bits per heavy atom. The van der Waals surface area contributed by atoms with Gasteiger partial charge in [-0.3, -0.25) is 0 Å². The molecule has 0 unspecified atom stereocenters. The lowest BCUT2D eigenvalue weighted by Crippen LogP contribution is -2.10. The second-order valence-corrected chi connectivity index (χ2v) is 3.92. The van der Waals surface area contributed by atoms with Gasteiger partial charge in [0.1, 0.15) is 6.61 Å². The number of benzene rings is 1. The summed E-state index contributed by atoms with van der Waals surface area (Å²) in [5.41, 5.74) is 6.30. The fourth-order valence-electron chi connectivity index (χ4n) is 1.74. The van der Waals surface area contributed by atoms with E-state index in [-0.39, 0.29) is 5.82 Å². The second kappa shape index (κ2) is 6.16. The molecule has 0 saturated carbocycles. The van der Waals surface area contributed by atoms with Crippen molar-refractivity contribution in [3.8, 4) is 5.75 Å². The van der Waals surface area contributed by atoms with Crippen LogP contribution in [0.3, 0.4) is 0 Å². The van der Waals surface area contributed by atoms with Crippen molar-refractivity contribution in [1.29, 1.82) is 0 Å². The van der Waals surface area contributed by atoms with Gasteiger partial charge in [0.05, 0.1) is 12.9 Å². The second-order valence-electron chi connectivity index (χ2n) is 3.92. The fourth-order valence-corrected chi connectivity index (χ4v) is 1.74. The molecule has 0 spiro atoms. The molecule has 0 saturated heterocycles. The van der Waals surface area contributed by atoms with Crippen molar-refractivity contribution >= 4 is 0 Å². The maximum atomic E-state index is 13.7. The molecule has 5 heteroatoms. The molecular weight excluding hydrogens is 233 g/mol. The van der Waals surface area contributed by atoms with E-state index in [4.69, 9.17) is 10.5 Å². The molecule has 1 aromatic heterocycles. The summed E-state index contributed by atoms with van der Waals surface area (Å²) in [7, 11) is 0. The van der Waals surface area contributed by atoms with E-state index in [0.29, 0.717) is 31.9 Å². The van der Waals surface area contributed by atoms with E-state index >= 15 is 0 Å². The molecule has 0 bridgehead atoms. The van der Waals surface area contributed by atoms with Gasteiger partial charge in [0.15, 0.2) is 11.6 Å². The lowest BCUT2D eigenvalue weighted by Gasteiger charge is -2.12. The first kappa shape index (κ1) is 12.6. The van der Waals surface area contributed by atoms with E-state index in [1.165, 1.54) is 6.07 Å². The summed E-state index contributed by atoms with van der Waals surface area (Å²) in [6, 6.07) is 4.90. The number of halogens is 1. The van der Waals surface area contributed by atoms with Gasteiger partial charge >= 0.3 is 0 Å². The van der Waals surface area contributed by atoms with E-state index in [2.05, 4.69) is 4.98 Å². The van der Waals surface area contributed by atoms with E-state index in [1.807, 2.05) is 16.8 Å². The van der Waals surface area contributed by atoms with Crippen LogP contribution in [0.2, 0.25) is 0 Å². The maximum absolute atomic E-state index is 13.7. The summed E-state index contributed by atoms with van der Waals surface area (Å²) in [5, 5.41) is 0. The number of imidazole rings is 1. The number of nitrogens with two attached hydrogens (primary N) is 1. The van der Waals surface area contributed by atoms with Gasteiger partial charge < -0.3 is 15.0 Å². The highest BCUT2D eigenvalue weighted by molar-refractivity contribution is 5.35. The standard InChI is InChI=1S/C13H16FN3O/c14-12-3-1-2-11(4-5-15)13(12)18-9-8-17-7-6-16-10-17/h1-3,6-7,10H,4-5,8-9,15H2. The van der Waals surface area contributed by atoms with Gasteiger partial charge in [-0.1, -0.05) is 12.1 Å². The van der Waals surface area contributed by atoms with Crippen LogP contribution in [0, 0.1) is 5.82 Å². The van der Waals surface area contributed by atoms with Gasteiger partial charge in [0.25, 0.3) is 0 Å². The van der Waals surface area contributed by atoms with Crippen molar-refractivity contribution in [2.24, 2.45) is 5.73 Å². The zero-order chi connectivity index (χ0) is 12.8. The number of hydrogen-bond acceptors (Lipinski definition) is 3. The molecule has 2 aromatic rings. The van der Waals surface area contributed by atoms with Crippen molar-refractivity contribution in [2.45, 2.75) is 13.0 Å². The van der Waals surface area contributed by atoms with Crippen LogP contribution in [0.25, 0.3) is 0 Å². The first-order chi connectivity index (χ1) is 8.81. The molecule has 0 aliphatic rings. The van der Waals surface area contributed by atoms with Crippen molar-refractivity contribution in [2.75, 3.05) is 13.2 Å². The molecule has 0 amide bonds. The first-order valence-electron chi connectivity index (χ1n) is 5.87. The van der Waals surface area contributed by atoms with Crippen LogP contribution in [0.5, 0.6) is 5.75 Å². The molecule has 96 valence electrons. The first-order valence-corrected chi connectivity index (χ1v) is 5.87. The van der Waals surface area contributed by atoms with Crippen LogP contribution < -0.4 is 10.5 Å². The van der Waals surface area contributed by atoms with Crippen LogP contribution in [-0.4, -0.2) is 22.7 Å². The molecule has 1 aromatic carbocycles. The van der Waals surface area contributed by atoms with Crippen molar-refractivity contribution < 1.29 is 9.13 Å². The largest absolute Gasteiger partial charge is 0.488 e. The summed E-state index contributed by atoms with van der Waals surface area (Å²) in [5.74, 6) is -0.0327. The molecule has 18 heavy (non-hydrogen) atoms. The van der Waals surface area contributed by atoms with E-state index < -0.39 is 0 Å². The summed E-state index contributed by atoms with van der Waals surface area (Å²) in [6.45, 7) is 1.51. The maximum Gasteiger partial charge on any atom is 0.165 e. The Bertz CT molecular complexity index is 485. The molecule has 2 N–H and O–H groups in total. The van der Waals surface area contributed by atoms with E-state index in [0.717, 1.165) is 5.56 Å². The predicted octanol–water partition coefficient (Wildman–Crippen LogP) is 1.60. The number of ether oxygens (including phenoxy) is 1. The Balaban J connectivity index is 1.99. The SMILES string of the molecule is NCCc1cccc(F)c1OCCn1ccnc1. The third kappa shape index (κ3) is 3.07. The average molecular weight is 249 g/mol. The van der Waals surface area contributed by atoms with Crippen molar-refractivity contribution in [3.05, 3.63) is 48.3 Å². The minimum Gasteiger partial charge on any atom is -0.488 e. The van der Waals surface area contributed by atoms with Gasteiger partial charge in [-0.25, -0.2) is 9.37 Å². The molecule has 0 fully saturated rings. The third-order valence-electron chi connectivity index (χ3n) is 2.62. The zero-order valence-corrected chi connectivity index (χ0v) is 10.1. The zero-order valence-electron chi connectivity index (χ0n) is 10.1. The summed E-state index contributed by atoms with van der Waals surface area (Å²) < 4.78 is 21.0. The Morgan fingerprint density at radius 2 is 2.28 bits per heavy atom. The van der Waals surface area contributed by atoms with Gasteiger partial charge in [-0.2, -0.15) is 0 Å². The third-order valence-corrected chi connectivity index (χ3v) is 2.62. The average Bonchev–Trinajstić information content (AvgIpc) is 2.86. The Hall–Kier alpha value is -1.88. The fraction of sp³-hybridized carbons (Fsp3) is 0.308. The van der Waals surface area contributed by atoms with Crippen LogP contribution in [0.4, 0.5) is 4.39 Å². The number of aromatic nitrogens is 2. The number of hydrogen-bond donors (Lipinski definition) is 1. The summed E-state index contributed by atoms with van der Waals surface area (Å²) >= 11 is 0. The molecule has 1 heterocycles. The van der Waals surface area contributed by atoms with Crippen LogP contribution >= 0.6 is 0 Å². The van der Waals surface area contributed by atoms with Crippen LogP contribution in [0.1, 0.15) is 5.56 Å². The quantitative estimate of drug-likeness (QED) is 0.846. The minimum atomic E-state index is -0.341. The summed E-state index contributed by atoms with van der Waals surface area (Å²) in [6.07, 6.45) is 5.85. The molecule has 0 atom stereocenters. The lowest BCUT2D eigenvalue weighted by molar-refractivity contribution is 0.281. The van der Waals surface area contributed by atoms with Crippen LogP contribution in [0.15, 0.2) is 36.9 Å². The smallest absolute Gasteiger partial charge is 0.165 e. The highest BCUT2D eigenvalue weighted by Gasteiger charge is 2.08. The predicted molar refractivity (Wildman–Crippen MR) is 66.9 cm³/mol. The van der Waals surface area contributed by atoms with Crippen molar-refractivity contribution in [3.63, 3.8) is 0 Å². The Kier molecular flexibility index (Phi) is 4.30. The van der Waals surface area contributed by atoms with Gasteiger partial charge in [-0.15, -0.1) is 0 Å². The van der Waals surface area contributed by atoms with Crippen LogP contribution in [-0.2, 0) is 13.0 Å². The van der Waals surface area contributed by atoms with Gasteiger partial charge in [0, 0.05) is 12.4 Å². The molecule has 2 rings (SSSR count). The normalized spacial score (nSPS) is 10.6. The molecular formula is C13H16FN3O.